The molecule has 2 heterocycles. The molecule has 1 atom stereocenters. The van der Waals surface area contributed by atoms with Crippen LogP contribution in [0.4, 0.5) is 13.2 Å². The highest BCUT2D eigenvalue weighted by Crippen LogP contribution is 2.56. The number of aliphatic hydroxyl groups excluding tert-OH is 1. The van der Waals surface area contributed by atoms with E-state index in [0.717, 1.165) is 84.5 Å². The van der Waals surface area contributed by atoms with Crippen molar-refractivity contribution < 1.29 is 23.1 Å². The van der Waals surface area contributed by atoms with E-state index >= 15 is 0 Å². The van der Waals surface area contributed by atoms with E-state index in [1.807, 2.05) is 17.5 Å². The van der Waals surface area contributed by atoms with Crippen molar-refractivity contribution in [1.29, 1.82) is 0 Å². The van der Waals surface area contributed by atoms with Crippen molar-refractivity contribution in [1.82, 2.24) is 4.98 Å². The first-order valence-corrected chi connectivity index (χ1v) is 13.6. The number of nitrogens with zero attached hydrogens (tertiary/aromatic N) is 1. The number of benzene rings is 1. The fraction of sp³-hybridized carbons (Fsp3) is 0.448. The molecule has 1 aromatic carbocycles. The first kappa shape index (κ1) is 23.9. The van der Waals surface area contributed by atoms with E-state index in [0.29, 0.717) is 12.0 Å². The number of aromatic nitrogens is 1. The smallest absolute Gasteiger partial charge is 0.388 e. The molecular weight excluding hydrogens is 483 g/mol. The van der Waals surface area contributed by atoms with Crippen molar-refractivity contribution >= 4 is 17.1 Å². The summed E-state index contributed by atoms with van der Waals surface area (Å²) in [6, 6.07) is 8.35. The standard InChI is InChI=1S/C29H28F3NO2S/c30-29(31,32)19-10-8-18(9-11-19)27(35)25-24(22-7-3-14-36-22)23-20(33-26(25)17-5-1-2-6-17)15-28(12-4-13-28)16-21(23)34/h3,7-11,14,17,21,34H,1-2,4-6,12-13,15-16H2/t21-/m0/s1. The summed E-state index contributed by atoms with van der Waals surface area (Å²) >= 11 is 1.51. The van der Waals surface area contributed by atoms with Crippen LogP contribution in [0, 0.1) is 5.41 Å². The van der Waals surface area contributed by atoms with Crippen LogP contribution in [0.1, 0.15) is 102 Å². The van der Waals surface area contributed by atoms with Gasteiger partial charge in [0.2, 0.25) is 0 Å². The maximum atomic E-state index is 14.1. The summed E-state index contributed by atoms with van der Waals surface area (Å²) in [5, 5.41) is 13.4. The number of hydrogen-bond acceptors (Lipinski definition) is 4. The molecule has 6 rings (SSSR count). The largest absolute Gasteiger partial charge is 0.416 e. The lowest BCUT2D eigenvalue weighted by atomic mass is 9.59. The van der Waals surface area contributed by atoms with Gasteiger partial charge >= 0.3 is 6.18 Å². The summed E-state index contributed by atoms with van der Waals surface area (Å²) in [5.74, 6) is -0.181. The second kappa shape index (κ2) is 8.80. The molecule has 3 aliphatic rings. The van der Waals surface area contributed by atoms with Crippen LogP contribution >= 0.6 is 11.3 Å². The van der Waals surface area contributed by atoms with E-state index in [4.69, 9.17) is 4.98 Å². The summed E-state index contributed by atoms with van der Waals surface area (Å²) in [5.41, 5.74) is 3.14. The van der Waals surface area contributed by atoms with Crippen molar-refractivity contribution in [3.63, 3.8) is 0 Å². The molecule has 188 valence electrons. The third-order valence-electron chi connectivity index (χ3n) is 8.47. The minimum absolute atomic E-state index is 0.0953. The number of fused-ring (bicyclic) bond motifs is 1. The summed E-state index contributed by atoms with van der Waals surface area (Å²) in [4.78, 5) is 20.1. The Bertz CT molecular complexity index is 1290. The van der Waals surface area contributed by atoms with Gasteiger partial charge in [-0.2, -0.15) is 13.2 Å². The lowest BCUT2D eigenvalue weighted by molar-refractivity contribution is -0.137. The van der Waals surface area contributed by atoms with Crippen LogP contribution in [0.25, 0.3) is 10.4 Å². The van der Waals surface area contributed by atoms with Crippen LogP contribution < -0.4 is 0 Å². The van der Waals surface area contributed by atoms with Crippen molar-refractivity contribution in [3.8, 4) is 10.4 Å². The summed E-state index contributed by atoms with van der Waals surface area (Å²) < 4.78 is 39.5. The van der Waals surface area contributed by atoms with Crippen LogP contribution in [-0.2, 0) is 12.6 Å². The number of ketones is 1. The minimum atomic E-state index is -4.46. The highest BCUT2D eigenvalue weighted by atomic mass is 32.1. The molecule has 0 bridgehead atoms. The molecule has 2 fully saturated rings. The molecular formula is C29H28F3NO2S. The highest BCUT2D eigenvalue weighted by molar-refractivity contribution is 7.13. The molecule has 0 radical (unpaired) electrons. The van der Waals surface area contributed by atoms with E-state index in [1.165, 1.54) is 29.9 Å². The summed E-state index contributed by atoms with van der Waals surface area (Å²) in [6.45, 7) is 0. The quantitative estimate of drug-likeness (QED) is 0.363. The summed E-state index contributed by atoms with van der Waals surface area (Å²) in [7, 11) is 0. The number of carbonyl (C=O) groups is 1. The number of rotatable bonds is 4. The zero-order valence-electron chi connectivity index (χ0n) is 19.9. The molecule has 0 aliphatic heterocycles. The molecule has 0 saturated heterocycles. The molecule has 3 aromatic rings. The molecule has 3 aliphatic carbocycles. The Labute approximate surface area is 212 Å². The lowest BCUT2D eigenvalue weighted by Gasteiger charge is -2.47. The fourth-order valence-electron chi connectivity index (χ4n) is 6.52. The molecule has 1 N–H and O–H groups in total. The number of carbonyl (C=O) groups excluding carboxylic acids is 1. The number of pyridine rings is 1. The Kier molecular flexibility index (Phi) is 5.84. The van der Waals surface area contributed by atoms with Gasteiger partial charge < -0.3 is 5.11 Å². The molecule has 0 unspecified atom stereocenters. The fourth-order valence-corrected chi connectivity index (χ4v) is 7.31. The molecule has 1 spiro atoms. The van der Waals surface area contributed by atoms with Gasteiger partial charge in [0, 0.05) is 33.2 Å². The van der Waals surface area contributed by atoms with E-state index in [2.05, 4.69) is 0 Å². The van der Waals surface area contributed by atoms with Crippen molar-refractivity contribution in [2.45, 2.75) is 76.0 Å². The third-order valence-corrected chi connectivity index (χ3v) is 9.36. The molecule has 3 nitrogen and oxygen atoms in total. The average Bonchev–Trinajstić information content (AvgIpc) is 3.55. The number of thiophene rings is 1. The second-order valence-corrected chi connectivity index (χ2v) is 11.7. The monoisotopic (exact) mass is 511 g/mol. The van der Waals surface area contributed by atoms with Gasteiger partial charge in [-0.05, 0) is 67.5 Å². The van der Waals surface area contributed by atoms with Gasteiger partial charge in [-0.1, -0.05) is 37.5 Å². The van der Waals surface area contributed by atoms with Crippen LogP contribution in [0.3, 0.4) is 0 Å². The number of halogens is 3. The van der Waals surface area contributed by atoms with Gasteiger partial charge in [-0.25, -0.2) is 0 Å². The highest BCUT2D eigenvalue weighted by Gasteiger charge is 2.46. The van der Waals surface area contributed by atoms with Crippen molar-refractivity contribution in [2.75, 3.05) is 0 Å². The third kappa shape index (κ3) is 4.01. The van der Waals surface area contributed by atoms with Gasteiger partial charge in [0.25, 0.3) is 0 Å². The molecule has 0 amide bonds. The predicted molar refractivity (Wildman–Crippen MR) is 133 cm³/mol. The normalized spacial score (nSPS) is 21.4. The molecule has 36 heavy (non-hydrogen) atoms. The van der Waals surface area contributed by atoms with Crippen LogP contribution in [0.2, 0.25) is 0 Å². The van der Waals surface area contributed by atoms with Crippen LogP contribution in [0.5, 0.6) is 0 Å². The number of alkyl halides is 3. The molecule has 2 aromatic heterocycles. The molecule has 7 heteroatoms. The Morgan fingerprint density at radius 2 is 1.78 bits per heavy atom. The van der Waals surface area contributed by atoms with E-state index in [-0.39, 0.29) is 22.7 Å². The lowest BCUT2D eigenvalue weighted by Crippen LogP contribution is -2.38. The Hall–Kier alpha value is -2.51. The SMILES string of the molecule is O=C(c1ccc(C(F)(F)F)cc1)c1c(C2CCCC2)nc2c(c1-c1cccs1)[C@@H](O)CC1(CCC1)C2. The van der Waals surface area contributed by atoms with E-state index < -0.39 is 17.8 Å². The van der Waals surface area contributed by atoms with Crippen LogP contribution in [0.15, 0.2) is 41.8 Å². The maximum Gasteiger partial charge on any atom is 0.416 e. The topological polar surface area (TPSA) is 50.2 Å². The number of aliphatic hydroxyl groups is 1. The Morgan fingerprint density at radius 1 is 1.06 bits per heavy atom. The van der Waals surface area contributed by atoms with E-state index in [1.54, 1.807) is 0 Å². The first-order valence-electron chi connectivity index (χ1n) is 12.8. The van der Waals surface area contributed by atoms with E-state index in [9.17, 15) is 23.1 Å². The van der Waals surface area contributed by atoms with Gasteiger partial charge in [0.1, 0.15) is 0 Å². The van der Waals surface area contributed by atoms with Gasteiger partial charge in [0.15, 0.2) is 5.78 Å². The van der Waals surface area contributed by atoms with Crippen molar-refractivity contribution in [3.05, 3.63) is 75.4 Å². The number of hydrogen-bond donors (Lipinski definition) is 1. The van der Waals surface area contributed by atoms with Crippen molar-refractivity contribution in [2.24, 2.45) is 5.41 Å². The van der Waals surface area contributed by atoms with Gasteiger partial charge in [-0.15, -0.1) is 11.3 Å². The van der Waals surface area contributed by atoms with Gasteiger partial charge in [0.05, 0.1) is 22.9 Å². The maximum absolute atomic E-state index is 14.1. The second-order valence-electron chi connectivity index (χ2n) is 10.7. The zero-order valence-corrected chi connectivity index (χ0v) is 20.7. The van der Waals surface area contributed by atoms with Crippen LogP contribution in [-0.4, -0.2) is 15.9 Å². The Morgan fingerprint density at radius 3 is 2.36 bits per heavy atom. The zero-order chi connectivity index (χ0) is 25.1. The average molecular weight is 512 g/mol. The first-order chi connectivity index (χ1) is 17.3. The predicted octanol–water partition coefficient (Wildman–Crippen LogP) is 7.87. The summed E-state index contributed by atoms with van der Waals surface area (Å²) in [6.07, 6.45) is 3.66. The van der Waals surface area contributed by atoms with Gasteiger partial charge in [-0.3, -0.25) is 9.78 Å². The molecule has 2 saturated carbocycles. The Balaban J connectivity index is 1.56. The minimum Gasteiger partial charge on any atom is -0.388 e.